The van der Waals surface area contributed by atoms with Gasteiger partial charge in [0.25, 0.3) is 5.56 Å². The van der Waals surface area contributed by atoms with Crippen molar-refractivity contribution in [2.75, 3.05) is 11.9 Å². The summed E-state index contributed by atoms with van der Waals surface area (Å²) in [6.07, 6.45) is 2.28. The number of alkyl halides is 2. The summed E-state index contributed by atoms with van der Waals surface area (Å²) in [4.78, 5) is 21.0. The van der Waals surface area contributed by atoms with E-state index in [4.69, 9.17) is 4.74 Å². The number of rotatable bonds is 6. The van der Waals surface area contributed by atoms with Crippen molar-refractivity contribution >= 4 is 16.7 Å². The molecule has 2 aliphatic rings. The first-order valence-corrected chi connectivity index (χ1v) is 11.7. The second-order valence-corrected chi connectivity index (χ2v) is 9.70. The standard InChI is InChI=1S/C25H26F4N4O2/c1-13(15-6-4-7-17(19(15)26)25(28,29)18-8-5-11-35-18)30-22-16-12-33(24(3)9-10-24)23(34)20(27)21(16)31-14(2)32-22/h4,6-7,12-13,18H,5,8-11H2,1-3H3,(H,30,31,32). The maximum atomic E-state index is 15.4. The van der Waals surface area contributed by atoms with Gasteiger partial charge in [0.1, 0.15) is 29.1 Å². The summed E-state index contributed by atoms with van der Waals surface area (Å²) >= 11 is 0. The minimum atomic E-state index is -3.48. The minimum absolute atomic E-state index is 0.00698. The van der Waals surface area contributed by atoms with E-state index in [1.54, 1.807) is 13.8 Å². The number of anilines is 1. The van der Waals surface area contributed by atoms with Crippen LogP contribution in [0.5, 0.6) is 0 Å². The normalized spacial score (nSPS) is 20.3. The molecule has 35 heavy (non-hydrogen) atoms. The van der Waals surface area contributed by atoms with Gasteiger partial charge in [0.15, 0.2) is 0 Å². The van der Waals surface area contributed by atoms with E-state index >= 15 is 17.6 Å². The summed E-state index contributed by atoms with van der Waals surface area (Å²) in [5.74, 6) is -5.10. The third-order valence-corrected chi connectivity index (χ3v) is 7.03. The van der Waals surface area contributed by atoms with Crippen LogP contribution in [0, 0.1) is 18.6 Å². The Morgan fingerprint density at radius 2 is 1.97 bits per heavy atom. The molecule has 3 aromatic rings. The minimum Gasteiger partial charge on any atom is -0.372 e. The van der Waals surface area contributed by atoms with Gasteiger partial charge in [-0.25, -0.2) is 14.4 Å². The highest BCUT2D eigenvalue weighted by molar-refractivity contribution is 5.89. The Labute approximate surface area is 199 Å². The van der Waals surface area contributed by atoms with Crippen molar-refractivity contribution in [1.82, 2.24) is 14.5 Å². The molecule has 1 aliphatic heterocycles. The molecule has 1 N–H and O–H groups in total. The highest BCUT2D eigenvalue weighted by Crippen LogP contribution is 2.43. The van der Waals surface area contributed by atoms with E-state index in [-0.39, 0.29) is 41.1 Å². The predicted molar refractivity (Wildman–Crippen MR) is 123 cm³/mol. The molecule has 1 aromatic carbocycles. The molecule has 186 valence electrons. The third-order valence-electron chi connectivity index (χ3n) is 7.03. The molecule has 5 rings (SSSR count). The fourth-order valence-electron chi connectivity index (χ4n) is 4.66. The molecule has 6 nitrogen and oxygen atoms in total. The van der Waals surface area contributed by atoms with Gasteiger partial charge in [0, 0.05) is 23.9 Å². The zero-order chi connectivity index (χ0) is 25.1. The lowest BCUT2D eigenvalue weighted by Gasteiger charge is -2.25. The summed E-state index contributed by atoms with van der Waals surface area (Å²) in [6, 6.07) is 3.07. The van der Waals surface area contributed by atoms with E-state index in [1.165, 1.54) is 22.9 Å². The highest BCUT2D eigenvalue weighted by Gasteiger charge is 2.46. The molecule has 0 bridgehead atoms. The quantitative estimate of drug-likeness (QED) is 0.473. The van der Waals surface area contributed by atoms with Crippen LogP contribution in [0.1, 0.15) is 62.5 Å². The molecule has 3 heterocycles. The molecule has 1 saturated heterocycles. The van der Waals surface area contributed by atoms with Crippen LogP contribution < -0.4 is 10.9 Å². The summed E-state index contributed by atoms with van der Waals surface area (Å²) in [5.41, 5.74) is -2.09. The van der Waals surface area contributed by atoms with E-state index in [2.05, 4.69) is 15.3 Å². The van der Waals surface area contributed by atoms with Crippen LogP contribution in [0.15, 0.2) is 29.2 Å². The van der Waals surface area contributed by atoms with Crippen LogP contribution in [0.4, 0.5) is 23.4 Å². The number of halogens is 4. The summed E-state index contributed by atoms with van der Waals surface area (Å²) in [5, 5.41) is 3.29. The molecule has 2 unspecified atom stereocenters. The fourth-order valence-corrected chi connectivity index (χ4v) is 4.66. The average molecular weight is 491 g/mol. The maximum absolute atomic E-state index is 15.4. The van der Waals surface area contributed by atoms with E-state index in [0.717, 1.165) is 18.9 Å². The first-order chi connectivity index (χ1) is 16.5. The van der Waals surface area contributed by atoms with Crippen LogP contribution in [0.25, 0.3) is 10.9 Å². The Kier molecular flexibility index (Phi) is 5.62. The number of aryl methyl sites for hydroxylation is 1. The van der Waals surface area contributed by atoms with E-state index in [0.29, 0.717) is 6.42 Å². The van der Waals surface area contributed by atoms with E-state index in [9.17, 15) is 4.79 Å². The number of nitrogens with one attached hydrogen (secondary N) is 1. The van der Waals surface area contributed by atoms with Gasteiger partial charge in [-0.05, 0) is 52.5 Å². The number of hydrogen-bond donors (Lipinski definition) is 1. The SMILES string of the molecule is Cc1nc(NC(C)c2cccc(C(F)(F)C3CCCO3)c2F)c2cn(C3(C)CC3)c(=O)c(F)c2n1. The number of ether oxygens (including phenoxy) is 1. The van der Waals surface area contributed by atoms with Crippen molar-refractivity contribution in [2.24, 2.45) is 0 Å². The molecular formula is C25H26F4N4O2. The zero-order valence-corrected chi connectivity index (χ0v) is 19.7. The molecule has 2 aromatic heterocycles. The monoisotopic (exact) mass is 490 g/mol. The molecule has 0 radical (unpaired) electrons. The first kappa shape index (κ1) is 23.7. The zero-order valence-electron chi connectivity index (χ0n) is 19.7. The van der Waals surface area contributed by atoms with Crippen LogP contribution in [-0.4, -0.2) is 27.2 Å². The Bertz CT molecular complexity index is 1360. The topological polar surface area (TPSA) is 69.0 Å². The van der Waals surface area contributed by atoms with Crippen LogP contribution in [0.3, 0.4) is 0 Å². The lowest BCUT2D eigenvalue weighted by Crippen LogP contribution is -2.32. The first-order valence-electron chi connectivity index (χ1n) is 11.7. The highest BCUT2D eigenvalue weighted by atomic mass is 19.3. The second kappa shape index (κ2) is 8.29. The van der Waals surface area contributed by atoms with Gasteiger partial charge < -0.3 is 14.6 Å². The van der Waals surface area contributed by atoms with E-state index in [1.807, 2.05) is 6.92 Å². The summed E-state index contributed by atoms with van der Waals surface area (Å²) in [7, 11) is 0. The van der Waals surface area contributed by atoms with Crippen molar-refractivity contribution in [1.29, 1.82) is 0 Å². The number of aromatic nitrogens is 3. The Hall–Kier alpha value is -3.01. The van der Waals surface area contributed by atoms with E-state index < -0.39 is 46.4 Å². The fraction of sp³-hybridized carbons (Fsp3) is 0.480. The third kappa shape index (κ3) is 3.97. The molecule has 1 saturated carbocycles. The lowest BCUT2D eigenvalue weighted by atomic mass is 9.96. The van der Waals surface area contributed by atoms with Crippen molar-refractivity contribution < 1.29 is 22.3 Å². The van der Waals surface area contributed by atoms with Gasteiger partial charge >= 0.3 is 5.92 Å². The van der Waals surface area contributed by atoms with Crippen LogP contribution in [0.2, 0.25) is 0 Å². The molecule has 2 atom stereocenters. The molecule has 10 heteroatoms. The van der Waals surface area contributed by atoms with Crippen molar-refractivity contribution in [3.63, 3.8) is 0 Å². The van der Waals surface area contributed by atoms with Gasteiger partial charge in [0.05, 0.1) is 17.0 Å². The molecule has 0 spiro atoms. The predicted octanol–water partition coefficient (Wildman–Crippen LogP) is 5.33. The van der Waals surface area contributed by atoms with Crippen molar-refractivity contribution in [2.45, 2.75) is 70.1 Å². The number of hydrogen-bond acceptors (Lipinski definition) is 5. The Morgan fingerprint density at radius 1 is 1.23 bits per heavy atom. The van der Waals surface area contributed by atoms with Crippen LogP contribution >= 0.6 is 0 Å². The van der Waals surface area contributed by atoms with Gasteiger partial charge in [-0.2, -0.15) is 13.2 Å². The second-order valence-electron chi connectivity index (χ2n) is 9.70. The molecule has 0 amide bonds. The van der Waals surface area contributed by atoms with Gasteiger partial charge in [0.2, 0.25) is 5.82 Å². The summed E-state index contributed by atoms with van der Waals surface area (Å²) < 4.78 is 66.9. The van der Waals surface area contributed by atoms with Gasteiger partial charge in [-0.1, -0.05) is 12.1 Å². The number of pyridine rings is 1. The Morgan fingerprint density at radius 3 is 2.63 bits per heavy atom. The maximum Gasteiger partial charge on any atom is 0.301 e. The number of benzene rings is 1. The number of nitrogens with zero attached hydrogens (tertiary/aromatic N) is 3. The van der Waals surface area contributed by atoms with Crippen molar-refractivity contribution in [3.8, 4) is 0 Å². The van der Waals surface area contributed by atoms with Gasteiger partial charge in [-0.3, -0.25) is 4.79 Å². The largest absolute Gasteiger partial charge is 0.372 e. The Balaban J connectivity index is 1.55. The average Bonchev–Trinajstić information content (AvgIpc) is 3.31. The number of fused-ring (bicyclic) bond motifs is 1. The lowest BCUT2D eigenvalue weighted by molar-refractivity contribution is -0.124. The summed E-state index contributed by atoms with van der Waals surface area (Å²) in [6.45, 7) is 5.23. The molecule has 1 aliphatic carbocycles. The smallest absolute Gasteiger partial charge is 0.301 e. The van der Waals surface area contributed by atoms with Crippen molar-refractivity contribution in [3.05, 3.63) is 63.3 Å². The molecule has 2 fully saturated rings. The van der Waals surface area contributed by atoms with Crippen LogP contribution in [-0.2, 0) is 16.2 Å². The molecular weight excluding hydrogens is 464 g/mol. The van der Waals surface area contributed by atoms with Gasteiger partial charge in [-0.15, -0.1) is 0 Å².